The van der Waals surface area contributed by atoms with Crippen LogP contribution in [0.4, 0.5) is 4.79 Å². The highest BCUT2D eigenvalue weighted by atomic mass is 16.3. The lowest BCUT2D eigenvalue weighted by Gasteiger charge is -2.19. The standard InChI is InChI=1S/C10H20N2O2/c1-3-12(2)10(14)11-7-8-5-4-6-9(8)13/h8-9,13H,3-7H2,1-2H3,(H,11,14). The van der Waals surface area contributed by atoms with Crippen LogP contribution in [0.2, 0.25) is 0 Å². The van der Waals surface area contributed by atoms with E-state index < -0.39 is 0 Å². The third-order valence-corrected chi connectivity index (χ3v) is 2.96. The van der Waals surface area contributed by atoms with Crippen molar-refractivity contribution in [3.8, 4) is 0 Å². The Morgan fingerprint density at radius 3 is 2.79 bits per heavy atom. The number of aliphatic hydroxyl groups excluding tert-OH is 1. The van der Waals surface area contributed by atoms with Crippen LogP contribution in [-0.4, -0.2) is 42.3 Å². The molecule has 0 radical (unpaired) electrons. The first-order chi connectivity index (χ1) is 6.65. The zero-order valence-electron chi connectivity index (χ0n) is 8.99. The summed E-state index contributed by atoms with van der Waals surface area (Å²) < 4.78 is 0. The number of amides is 2. The van der Waals surface area contributed by atoms with Crippen LogP contribution in [0.25, 0.3) is 0 Å². The lowest BCUT2D eigenvalue weighted by atomic mass is 10.1. The maximum absolute atomic E-state index is 11.4. The maximum atomic E-state index is 11.4. The van der Waals surface area contributed by atoms with Crippen molar-refractivity contribution in [1.29, 1.82) is 0 Å². The van der Waals surface area contributed by atoms with E-state index in [9.17, 15) is 9.90 Å². The van der Waals surface area contributed by atoms with Crippen LogP contribution in [0, 0.1) is 5.92 Å². The second-order valence-electron chi connectivity index (χ2n) is 3.96. The van der Waals surface area contributed by atoms with Crippen molar-refractivity contribution in [2.75, 3.05) is 20.1 Å². The average Bonchev–Trinajstić information content (AvgIpc) is 2.59. The smallest absolute Gasteiger partial charge is 0.317 e. The van der Waals surface area contributed by atoms with Gasteiger partial charge < -0.3 is 15.3 Å². The molecule has 0 aromatic carbocycles. The molecule has 2 N–H and O–H groups in total. The highest BCUT2D eigenvalue weighted by molar-refractivity contribution is 5.73. The average molecular weight is 200 g/mol. The van der Waals surface area contributed by atoms with Gasteiger partial charge in [-0.05, 0) is 19.8 Å². The van der Waals surface area contributed by atoms with E-state index in [0.717, 1.165) is 19.3 Å². The molecular formula is C10H20N2O2. The molecule has 2 amide bonds. The molecule has 2 unspecified atom stereocenters. The van der Waals surface area contributed by atoms with Crippen LogP contribution < -0.4 is 5.32 Å². The van der Waals surface area contributed by atoms with Crippen molar-refractivity contribution >= 4 is 6.03 Å². The molecule has 0 saturated heterocycles. The van der Waals surface area contributed by atoms with Gasteiger partial charge in [-0.2, -0.15) is 0 Å². The zero-order valence-corrected chi connectivity index (χ0v) is 8.99. The number of nitrogens with one attached hydrogen (secondary N) is 1. The number of carbonyl (C=O) groups excluding carboxylic acids is 1. The normalized spacial score (nSPS) is 26.2. The van der Waals surface area contributed by atoms with E-state index in [4.69, 9.17) is 0 Å². The first kappa shape index (κ1) is 11.3. The molecule has 1 aliphatic carbocycles. The third kappa shape index (κ3) is 2.87. The van der Waals surface area contributed by atoms with Gasteiger partial charge in [0.05, 0.1) is 6.10 Å². The first-order valence-electron chi connectivity index (χ1n) is 5.32. The molecular weight excluding hydrogens is 180 g/mol. The van der Waals surface area contributed by atoms with Gasteiger partial charge in [-0.15, -0.1) is 0 Å². The Bertz CT molecular complexity index is 197. The van der Waals surface area contributed by atoms with Gasteiger partial charge in [0.1, 0.15) is 0 Å². The number of aliphatic hydroxyl groups is 1. The van der Waals surface area contributed by atoms with Crippen molar-refractivity contribution in [1.82, 2.24) is 10.2 Å². The molecule has 0 aliphatic heterocycles. The van der Waals surface area contributed by atoms with Gasteiger partial charge >= 0.3 is 6.03 Å². The fourth-order valence-corrected chi connectivity index (χ4v) is 1.75. The van der Waals surface area contributed by atoms with E-state index in [-0.39, 0.29) is 18.1 Å². The molecule has 82 valence electrons. The van der Waals surface area contributed by atoms with E-state index in [1.807, 2.05) is 6.92 Å². The van der Waals surface area contributed by atoms with E-state index >= 15 is 0 Å². The Balaban J connectivity index is 2.22. The molecule has 1 aliphatic rings. The van der Waals surface area contributed by atoms with Crippen LogP contribution in [0.1, 0.15) is 26.2 Å². The van der Waals surface area contributed by atoms with Crippen molar-refractivity contribution < 1.29 is 9.90 Å². The van der Waals surface area contributed by atoms with Crippen molar-refractivity contribution in [3.63, 3.8) is 0 Å². The fraction of sp³-hybridized carbons (Fsp3) is 0.900. The monoisotopic (exact) mass is 200 g/mol. The number of hydrogen-bond donors (Lipinski definition) is 2. The van der Waals surface area contributed by atoms with Crippen LogP contribution >= 0.6 is 0 Å². The Morgan fingerprint density at radius 1 is 1.57 bits per heavy atom. The second-order valence-corrected chi connectivity index (χ2v) is 3.96. The topological polar surface area (TPSA) is 52.6 Å². The number of nitrogens with zero attached hydrogens (tertiary/aromatic N) is 1. The van der Waals surface area contributed by atoms with Gasteiger partial charge in [-0.3, -0.25) is 0 Å². The molecule has 1 fully saturated rings. The molecule has 1 saturated carbocycles. The van der Waals surface area contributed by atoms with Gasteiger partial charge in [0.2, 0.25) is 0 Å². The van der Waals surface area contributed by atoms with E-state index in [1.54, 1.807) is 11.9 Å². The summed E-state index contributed by atoms with van der Waals surface area (Å²) in [6.07, 6.45) is 2.76. The predicted octanol–water partition coefficient (Wildman–Crippen LogP) is 0.809. The SMILES string of the molecule is CCN(C)C(=O)NCC1CCCC1O. The van der Waals surface area contributed by atoms with Gasteiger partial charge in [-0.25, -0.2) is 4.79 Å². The minimum atomic E-state index is -0.220. The summed E-state index contributed by atoms with van der Waals surface area (Å²) in [7, 11) is 1.76. The predicted molar refractivity (Wildman–Crippen MR) is 55.1 cm³/mol. The minimum Gasteiger partial charge on any atom is -0.393 e. The lowest BCUT2D eigenvalue weighted by Crippen LogP contribution is -2.40. The van der Waals surface area contributed by atoms with Crippen LogP contribution in [0.5, 0.6) is 0 Å². The van der Waals surface area contributed by atoms with Gasteiger partial charge in [0, 0.05) is 26.1 Å². The number of carbonyl (C=O) groups is 1. The summed E-state index contributed by atoms with van der Waals surface area (Å²) in [5.74, 6) is 0.254. The summed E-state index contributed by atoms with van der Waals surface area (Å²) in [4.78, 5) is 13.0. The van der Waals surface area contributed by atoms with Crippen LogP contribution in [0.3, 0.4) is 0 Å². The molecule has 0 heterocycles. The highest BCUT2D eigenvalue weighted by Gasteiger charge is 2.25. The number of rotatable bonds is 3. The van der Waals surface area contributed by atoms with E-state index in [0.29, 0.717) is 13.1 Å². The molecule has 1 rings (SSSR count). The third-order valence-electron chi connectivity index (χ3n) is 2.96. The lowest BCUT2D eigenvalue weighted by molar-refractivity contribution is 0.131. The molecule has 4 nitrogen and oxygen atoms in total. The number of urea groups is 1. The van der Waals surface area contributed by atoms with Gasteiger partial charge in [-0.1, -0.05) is 6.42 Å². The minimum absolute atomic E-state index is 0.0494. The van der Waals surface area contributed by atoms with Crippen LogP contribution in [-0.2, 0) is 0 Å². The van der Waals surface area contributed by atoms with Crippen molar-refractivity contribution in [2.45, 2.75) is 32.3 Å². The molecule has 2 atom stereocenters. The van der Waals surface area contributed by atoms with Crippen molar-refractivity contribution in [3.05, 3.63) is 0 Å². The summed E-state index contributed by atoms with van der Waals surface area (Å²) in [6, 6.07) is -0.0494. The summed E-state index contributed by atoms with van der Waals surface area (Å²) in [5.41, 5.74) is 0. The molecule has 0 bridgehead atoms. The zero-order chi connectivity index (χ0) is 10.6. The summed E-state index contributed by atoms with van der Waals surface area (Å²) in [5, 5.41) is 12.4. The van der Waals surface area contributed by atoms with Gasteiger partial charge in [0.15, 0.2) is 0 Å². The molecule has 4 heteroatoms. The summed E-state index contributed by atoms with van der Waals surface area (Å²) >= 11 is 0. The van der Waals surface area contributed by atoms with Gasteiger partial charge in [0.25, 0.3) is 0 Å². The fourth-order valence-electron chi connectivity index (χ4n) is 1.75. The number of hydrogen-bond acceptors (Lipinski definition) is 2. The van der Waals surface area contributed by atoms with Crippen LogP contribution in [0.15, 0.2) is 0 Å². The molecule has 0 spiro atoms. The van der Waals surface area contributed by atoms with E-state index in [2.05, 4.69) is 5.32 Å². The summed E-state index contributed by atoms with van der Waals surface area (Å²) in [6.45, 7) is 3.24. The maximum Gasteiger partial charge on any atom is 0.317 e. The Morgan fingerprint density at radius 2 is 2.29 bits per heavy atom. The second kappa shape index (κ2) is 5.20. The van der Waals surface area contributed by atoms with Crippen molar-refractivity contribution in [2.24, 2.45) is 5.92 Å². The Labute approximate surface area is 85.3 Å². The first-order valence-corrected chi connectivity index (χ1v) is 5.32. The Hall–Kier alpha value is -0.770. The highest BCUT2D eigenvalue weighted by Crippen LogP contribution is 2.24. The Kier molecular flexibility index (Phi) is 4.20. The molecule has 14 heavy (non-hydrogen) atoms. The quantitative estimate of drug-likeness (QED) is 0.708. The molecule has 0 aromatic heterocycles. The largest absolute Gasteiger partial charge is 0.393 e. The van der Waals surface area contributed by atoms with E-state index in [1.165, 1.54) is 0 Å². The molecule has 0 aromatic rings.